The van der Waals surface area contributed by atoms with Gasteiger partial charge < -0.3 is 24.1 Å². The molecular weight excluding hydrogens is 471 g/mol. The van der Waals surface area contributed by atoms with Crippen LogP contribution in [0, 0.1) is 35.0 Å². The van der Waals surface area contributed by atoms with E-state index >= 15 is 0 Å². The number of aliphatic hydroxyl groups excluding tert-OH is 1. The van der Waals surface area contributed by atoms with E-state index in [2.05, 4.69) is 44.8 Å². The molecule has 0 radical (unpaired) electrons. The lowest BCUT2D eigenvalue weighted by Gasteiger charge is -2.35. The molecule has 4 aliphatic rings. The lowest BCUT2D eigenvalue weighted by molar-refractivity contribution is -0.197. The predicted octanol–water partition coefficient (Wildman–Crippen LogP) is 6.46. The van der Waals surface area contributed by atoms with Gasteiger partial charge in [-0.05, 0) is 75.2 Å². The van der Waals surface area contributed by atoms with Crippen molar-refractivity contribution < 1.29 is 28.4 Å². The van der Waals surface area contributed by atoms with Gasteiger partial charge in [-0.1, -0.05) is 32.9 Å². The van der Waals surface area contributed by atoms with Gasteiger partial charge in [-0.2, -0.15) is 0 Å². The summed E-state index contributed by atoms with van der Waals surface area (Å²) in [4.78, 5) is 0. The van der Waals surface area contributed by atoms with Crippen LogP contribution in [0.25, 0.3) is 0 Å². The molecule has 0 aromatic carbocycles. The molecular formula is C31H47FO5. The number of hydrogen-bond donors (Lipinski definition) is 1. The van der Waals surface area contributed by atoms with Crippen molar-refractivity contribution in [2.45, 2.75) is 116 Å². The average Bonchev–Trinajstić information content (AvgIpc) is 3.45. The van der Waals surface area contributed by atoms with Crippen molar-refractivity contribution in [2.24, 2.45) is 23.2 Å². The van der Waals surface area contributed by atoms with E-state index in [9.17, 15) is 9.50 Å². The molecule has 2 aliphatic carbocycles. The van der Waals surface area contributed by atoms with Crippen LogP contribution in [0.5, 0.6) is 0 Å². The van der Waals surface area contributed by atoms with Gasteiger partial charge in [0.1, 0.15) is 5.83 Å². The van der Waals surface area contributed by atoms with Crippen molar-refractivity contribution in [1.82, 2.24) is 0 Å². The molecule has 2 unspecified atom stereocenters. The fourth-order valence-corrected chi connectivity index (χ4v) is 6.42. The molecule has 2 heterocycles. The molecule has 1 N–H and O–H groups in total. The minimum Gasteiger partial charge on any atom is -0.389 e. The van der Waals surface area contributed by atoms with Crippen LogP contribution in [0.4, 0.5) is 4.39 Å². The van der Waals surface area contributed by atoms with Gasteiger partial charge in [-0.25, -0.2) is 4.39 Å². The van der Waals surface area contributed by atoms with Gasteiger partial charge in [0.25, 0.3) is 0 Å². The second-order valence-corrected chi connectivity index (χ2v) is 11.9. The Morgan fingerprint density at radius 3 is 2.49 bits per heavy atom. The van der Waals surface area contributed by atoms with Crippen molar-refractivity contribution in [2.75, 3.05) is 19.8 Å². The molecule has 2 saturated carbocycles. The van der Waals surface area contributed by atoms with Crippen molar-refractivity contribution in [3.8, 4) is 11.8 Å². The van der Waals surface area contributed by atoms with Crippen LogP contribution in [0.3, 0.4) is 0 Å². The first-order chi connectivity index (χ1) is 17.9. The Morgan fingerprint density at radius 1 is 1.11 bits per heavy atom. The minimum atomic E-state index is -0.505. The molecule has 0 aromatic heterocycles. The number of hydrogen-bond acceptors (Lipinski definition) is 5. The van der Waals surface area contributed by atoms with Crippen molar-refractivity contribution in [3.05, 3.63) is 23.6 Å². The zero-order chi connectivity index (χ0) is 26.3. The Kier molecular flexibility index (Phi) is 10.7. The molecule has 0 spiro atoms. The highest BCUT2D eigenvalue weighted by Gasteiger charge is 2.48. The Bertz CT molecular complexity index is 843. The van der Waals surface area contributed by atoms with E-state index in [1.807, 2.05) is 0 Å². The Morgan fingerprint density at radius 2 is 1.84 bits per heavy atom. The van der Waals surface area contributed by atoms with Gasteiger partial charge in [0.2, 0.25) is 0 Å². The first-order valence-electron chi connectivity index (χ1n) is 14.6. The third-order valence-corrected chi connectivity index (χ3v) is 8.60. The maximum absolute atomic E-state index is 14.3. The summed E-state index contributed by atoms with van der Waals surface area (Å²) in [7, 11) is 0. The molecule has 4 rings (SSSR count). The van der Waals surface area contributed by atoms with E-state index in [-0.39, 0.29) is 41.9 Å². The number of allylic oxidation sites excluding steroid dienone is 1. The van der Waals surface area contributed by atoms with E-state index in [4.69, 9.17) is 18.9 Å². The maximum Gasteiger partial charge on any atom is 0.158 e. The number of fused-ring (bicyclic) bond motifs is 1. The van der Waals surface area contributed by atoms with E-state index in [0.29, 0.717) is 24.7 Å². The quantitative estimate of drug-likeness (QED) is 0.280. The first kappa shape index (κ1) is 28.8. The molecule has 7 atom stereocenters. The fraction of sp³-hybridized carbons (Fsp3) is 0.806. The summed E-state index contributed by atoms with van der Waals surface area (Å²) < 4.78 is 39.3. The lowest BCUT2D eigenvalue weighted by Crippen LogP contribution is -2.36. The van der Waals surface area contributed by atoms with Gasteiger partial charge in [-0.3, -0.25) is 0 Å². The van der Waals surface area contributed by atoms with Crippen LogP contribution in [0.15, 0.2) is 23.6 Å². The number of halogens is 1. The van der Waals surface area contributed by atoms with Gasteiger partial charge in [0.15, 0.2) is 12.6 Å². The van der Waals surface area contributed by atoms with E-state index in [0.717, 1.165) is 76.6 Å². The Labute approximate surface area is 223 Å². The summed E-state index contributed by atoms with van der Waals surface area (Å²) in [6, 6.07) is 0. The molecule has 0 bridgehead atoms. The van der Waals surface area contributed by atoms with Gasteiger partial charge in [0.05, 0.1) is 18.8 Å². The normalized spacial score (nSPS) is 34.7. The van der Waals surface area contributed by atoms with Crippen LogP contribution in [-0.4, -0.2) is 49.7 Å². The third kappa shape index (κ3) is 7.67. The average molecular weight is 519 g/mol. The second kappa shape index (κ2) is 13.7. The molecule has 2 aliphatic heterocycles. The number of aliphatic hydroxyl groups is 1. The van der Waals surface area contributed by atoms with Crippen molar-refractivity contribution in [3.63, 3.8) is 0 Å². The molecule has 2 saturated heterocycles. The monoisotopic (exact) mass is 518 g/mol. The summed E-state index contributed by atoms with van der Waals surface area (Å²) in [6.07, 6.45) is 14.2. The Hall–Kier alpha value is -1.23. The first-order valence-corrected chi connectivity index (χ1v) is 14.6. The topological polar surface area (TPSA) is 57.2 Å². The maximum atomic E-state index is 14.3. The highest BCUT2D eigenvalue weighted by atomic mass is 19.1. The molecule has 37 heavy (non-hydrogen) atoms. The van der Waals surface area contributed by atoms with Crippen LogP contribution in [0.2, 0.25) is 0 Å². The number of rotatable bonds is 9. The molecule has 6 heteroatoms. The van der Waals surface area contributed by atoms with Crippen molar-refractivity contribution >= 4 is 0 Å². The summed E-state index contributed by atoms with van der Waals surface area (Å²) in [5.41, 5.74) is 0.589. The second-order valence-electron chi connectivity index (χ2n) is 11.9. The lowest BCUT2D eigenvalue weighted by atomic mass is 9.81. The molecule has 208 valence electrons. The SMILES string of the molecule is CCC#CCC(C)(C)[C@@H](/C=C\[C@@H]1[C@H]2CC(=C(F)CO)C[C@H]2C[C@H]1OC1CCCCO1)OC1CCCCO1. The Balaban J connectivity index is 1.55. The summed E-state index contributed by atoms with van der Waals surface area (Å²) >= 11 is 0. The van der Waals surface area contributed by atoms with Gasteiger partial charge in [-0.15, -0.1) is 11.8 Å². The van der Waals surface area contributed by atoms with Gasteiger partial charge in [0, 0.05) is 37.4 Å². The van der Waals surface area contributed by atoms with Crippen molar-refractivity contribution in [1.29, 1.82) is 0 Å². The highest BCUT2D eigenvalue weighted by molar-refractivity contribution is 5.21. The summed E-state index contributed by atoms with van der Waals surface area (Å²) in [6.45, 7) is 7.48. The highest BCUT2D eigenvalue weighted by Crippen LogP contribution is 2.52. The van der Waals surface area contributed by atoms with Crippen LogP contribution < -0.4 is 0 Å². The molecule has 4 fully saturated rings. The van der Waals surface area contributed by atoms with E-state index < -0.39 is 6.61 Å². The van der Waals surface area contributed by atoms with E-state index in [1.165, 1.54) is 0 Å². The smallest absolute Gasteiger partial charge is 0.158 e. The number of ether oxygens (including phenoxy) is 4. The van der Waals surface area contributed by atoms with Gasteiger partial charge >= 0.3 is 0 Å². The van der Waals surface area contributed by atoms with Crippen LogP contribution >= 0.6 is 0 Å². The largest absolute Gasteiger partial charge is 0.389 e. The minimum absolute atomic E-state index is 0.0441. The zero-order valence-electron chi connectivity index (χ0n) is 23.1. The molecule has 0 aromatic rings. The fourth-order valence-electron chi connectivity index (χ4n) is 6.42. The third-order valence-electron chi connectivity index (χ3n) is 8.60. The zero-order valence-corrected chi connectivity index (χ0v) is 23.1. The van der Waals surface area contributed by atoms with Crippen LogP contribution in [0.1, 0.15) is 91.4 Å². The molecule has 5 nitrogen and oxygen atoms in total. The summed E-state index contributed by atoms with van der Waals surface area (Å²) in [5, 5.41) is 9.38. The van der Waals surface area contributed by atoms with E-state index in [1.54, 1.807) is 0 Å². The molecule has 0 amide bonds. The predicted molar refractivity (Wildman–Crippen MR) is 142 cm³/mol. The van der Waals surface area contributed by atoms with Crippen LogP contribution in [-0.2, 0) is 18.9 Å². The summed E-state index contributed by atoms with van der Waals surface area (Å²) in [5.74, 6) is 6.99. The standard InChI is InChI=1S/C31H47FO5/c1-4-5-8-15-31(2,3)28(37-30-12-7-10-17-35-30)14-13-24-25-19-23(26(32)21-33)18-22(25)20-27(24)36-29-11-6-9-16-34-29/h13-14,22,24-25,27-30,33H,4,6-7,9-12,15-21H2,1-3H3/b14-13-,26-23?/t22-,24+,25-,27+,28+,29?,30?/m0/s1.